The summed E-state index contributed by atoms with van der Waals surface area (Å²) in [6, 6.07) is 12.7. The number of hydrogen-bond acceptors (Lipinski definition) is 5. The highest BCUT2D eigenvalue weighted by Gasteiger charge is 2.34. The van der Waals surface area contributed by atoms with Crippen molar-refractivity contribution in [2.24, 2.45) is 11.5 Å². The van der Waals surface area contributed by atoms with Crippen molar-refractivity contribution in [3.8, 4) is 6.07 Å². The molecule has 1 aliphatic heterocycles. The van der Waals surface area contributed by atoms with Gasteiger partial charge in [0.2, 0.25) is 5.91 Å². The first-order chi connectivity index (χ1) is 14.8. The van der Waals surface area contributed by atoms with Crippen LogP contribution in [0.15, 0.2) is 58.9 Å². The lowest BCUT2D eigenvalue weighted by Gasteiger charge is -2.24. The highest BCUT2D eigenvalue weighted by Crippen LogP contribution is 2.35. The van der Waals surface area contributed by atoms with Crippen LogP contribution in [0.2, 0.25) is 0 Å². The number of hydrogen-bond donors (Lipinski definition) is 2. The van der Waals surface area contributed by atoms with Crippen LogP contribution in [0.5, 0.6) is 0 Å². The van der Waals surface area contributed by atoms with Crippen molar-refractivity contribution in [2.75, 3.05) is 0 Å². The fraction of sp³-hybridized carbons (Fsp3) is 0.0455. The van der Waals surface area contributed by atoms with E-state index in [1.165, 1.54) is 54.6 Å². The smallest absolute Gasteiger partial charge is 0.274 e. The predicted octanol–water partition coefficient (Wildman–Crippen LogP) is 1.10. The van der Waals surface area contributed by atoms with Gasteiger partial charge in [-0.3, -0.25) is 14.2 Å². The summed E-state index contributed by atoms with van der Waals surface area (Å²) in [7, 11) is 0. The van der Waals surface area contributed by atoms with Crippen LogP contribution in [0, 0.1) is 23.0 Å². The van der Waals surface area contributed by atoms with Gasteiger partial charge in [-0.25, -0.2) is 8.78 Å². The summed E-state index contributed by atoms with van der Waals surface area (Å²) in [5.41, 5.74) is 12.3. The lowest BCUT2D eigenvalue weighted by atomic mass is 9.83. The molecule has 0 spiro atoms. The lowest BCUT2D eigenvalue weighted by Crippen LogP contribution is -2.41. The molecule has 1 aliphatic rings. The van der Waals surface area contributed by atoms with E-state index < -0.39 is 29.0 Å². The second kappa shape index (κ2) is 7.66. The summed E-state index contributed by atoms with van der Waals surface area (Å²) >= 11 is 0.981. The van der Waals surface area contributed by atoms with Crippen molar-refractivity contribution in [3.05, 3.63) is 96.4 Å². The first-order valence-electron chi connectivity index (χ1n) is 9.00. The third-order valence-electron chi connectivity index (χ3n) is 4.91. The van der Waals surface area contributed by atoms with Gasteiger partial charge in [0, 0.05) is 0 Å². The number of nitriles is 1. The molecule has 0 fully saturated rings. The molecule has 0 bridgehead atoms. The van der Waals surface area contributed by atoms with Gasteiger partial charge in [-0.1, -0.05) is 24.3 Å². The van der Waals surface area contributed by atoms with Crippen LogP contribution in [0.3, 0.4) is 0 Å². The number of nitrogens with zero attached hydrogens (tertiary/aromatic N) is 2. The number of benzene rings is 2. The average Bonchev–Trinajstić information content (AvgIpc) is 3.06. The zero-order valence-corrected chi connectivity index (χ0v) is 16.6. The van der Waals surface area contributed by atoms with Crippen molar-refractivity contribution < 1.29 is 13.6 Å². The fourth-order valence-electron chi connectivity index (χ4n) is 3.49. The molecule has 3 aromatic rings. The lowest BCUT2D eigenvalue weighted by molar-refractivity contribution is -0.113. The van der Waals surface area contributed by atoms with Gasteiger partial charge in [-0.2, -0.15) is 5.26 Å². The van der Waals surface area contributed by atoms with Gasteiger partial charge < -0.3 is 11.5 Å². The molecule has 154 valence electrons. The molecule has 4 N–H and O–H groups in total. The molecule has 1 amide bonds. The Hall–Kier alpha value is -4.03. The fourth-order valence-corrected chi connectivity index (χ4v) is 4.67. The summed E-state index contributed by atoms with van der Waals surface area (Å²) in [5.74, 6) is -2.81. The number of rotatable bonds is 3. The first kappa shape index (κ1) is 20.3. The van der Waals surface area contributed by atoms with Crippen LogP contribution < -0.4 is 26.2 Å². The molecule has 0 aliphatic carbocycles. The minimum atomic E-state index is -0.945. The highest BCUT2D eigenvalue weighted by atomic mass is 32.1. The second-order valence-electron chi connectivity index (χ2n) is 6.78. The summed E-state index contributed by atoms with van der Waals surface area (Å²) in [6.07, 6.45) is 1.53. The number of aromatic nitrogens is 1. The molecule has 1 aromatic heterocycles. The molecule has 4 rings (SSSR count). The maximum Gasteiger partial charge on any atom is 0.274 e. The summed E-state index contributed by atoms with van der Waals surface area (Å²) in [6.45, 7) is 0. The van der Waals surface area contributed by atoms with Crippen LogP contribution in [-0.2, 0) is 4.79 Å². The molecular formula is C22H14F2N4O2S. The molecule has 2 aromatic carbocycles. The maximum absolute atomic E-state index is 13.4. The number of nitrogens with two attached hydrogens (primary N) is 2. The predicted molar refractivity (Wildman–Crippen MR) is 113 cm³/mol. The summed E-state index contributed by atoms with van der Waals surface area (Å²) in [4.78, 5) is 25.5. The highest BCUT2D eigenvalue weighted by molar-refractivity contribution is 7.07. The quantitative estimate of drug-likeness (QED) is 0.640. The number of carbonyl (C=O) groups is 1. The van der Waals surface area contributed by atoms with Crippen molar-refractivity contribution in [3.63, 3.8) is 0 Å². The van der Waals surface area contributed by atoms with E-state index in [0.717, 1.165) is 15.9 Å². The van der Waals surface area contributed by atoms with E-state index in [4.69, 9.17) is 11.5 Å². The van der Waals surface area contributed by atoms with E-state index >= 15 is 0 Å². The standard InChI is InChI=1S/C22H14F2N4O2S/c23-13-5-1-11(2-6-13)9-16-21(30)28-19(26)15(10-25)17(12-3-7-14(24)8-4-12)18(20(27)29)22(28)31-16/h1-9,17H,26H2,(H2,27,29)/b16-9+/t17-/m0/s1. The Bertz CT molecular complexity index is 1460. The van der Waals surface area contributed by atoms with E-state index in [0.29, 0.717) is 11.1 Å². The van der Waals surface area contributed by atoms with Crippen LogP contribution in [-0.4, -0.2) is 10.5 Å². The Morgan fingerprint density at radius 3 is 2.23 bits per heavy atom. The number of fused-ring (bicyclic) bond motifs is 1. The average molecular weight is 436 g/mol. The summed E-state index contributed by atoms with van der Waals surface area (Å²) in [5, 5.41) is 9.75. The van der Waals surface area contributed by atoms with Gasteiger partial charge in [-0.15, -0.1) is 11.3 Å². The number of carbonyl (C=O) groups excluding carboxylic acids is 1. The third kappa shape index (κ3) is 3.43. The van der Waals surface area contributed by atoms with Crippen molar-refractivity contribution >= 4 is 34.7 Å². The second-order valence-corrected chi connectivity index (χ2v) is 7.81. The Balaban J connectivity index is 2.07. The zero-order chi connectivity index (χ0) is 22.3. The van der Waals surface area contributed by atoms with Gasteiger partial charge >= 0.3 is 0 Å². The van der Waals surface area contributed by atoms with Gasteiger partial charge in [0.1, 0.15) is 22.1 Å². The van der Waals surface area contributed by atoms with Gasteiger partial charge in [-0.05, 0) is 41.5 Å². The maximum atomic E-state index is 13.4. The Kier molecular flexibility index (Phi) is 5.01. The zero-order valence-electron chi connectivity index (χ0n) is 15.8. The molecule has 1 atom stereocenters. The molecule has 0 saturated heterocycles. The summed E-state index contributed by atoms with van der Waals surface area (Å²) < 4.78 is 28.1. The number of primary amides is 1. The molecule has 2 heterocycles. The van der Waals surface area contributed by atoms with Gasteiger partial charge in [0.15, 0.2) is 0 Å². The molecule has 0 unspecified atom stereocenters. The molecule has 0 saturated carbocycles. The van der Waals surface area contributed by atoms with Crippen LogP contribution >= 0.6 is 11.3 Å². The van der Waals surface area contributed by atoms with Crippen molar-refractivity contribution in [1.29, 1.82) is 5.26 Å². The normalized spacial score (nSPS) is 16.2. The van der Waals surface area contributed by atoms with Crippen LogP contribution in [0.1, 0.15) is 17.0 Å². The molecular weight excluding hydrogens is 422 g/mol. The largest absolute Gasteiger partial charge is 0.384 e. The van der Waals surface area contributed by atoms with E-state index in [1.807, 2.05) is 6.07 Å². The Labute approximate surface area is 178 Å². The van der Waals surface area contributed by atoms with E-state index in [1.54, 1.807) is 0 Å². The van der Waals surface area contributed by atoms with Crippen LogP contribution in [0.4, 0.5) is 8.78 Å². The number of amides is 1. The minimum absolute atomic E-state index is 0.0122. The van der Waals surface area contributed by atoms with Crippen molar-refractivity contribution in [2.45, 2.75) is 5.92 Å². The number of halogens is 2. The van der Waals surface area contributed by atoms with Crippen LogP contribution in [0.25, 0.3) is 17.5 Å². The number of allylic oxidation sites excluding steroid dienone is 1. The van der Waals surface area contributed by atoms with E-state index in [-0.39, 0.29) is 26.2 Å². The molecule has 31 heavy (non-hydrogen) atoms. The minimum Gasteiger partial charge on any atom is -0.384 e. The Morgan fingerprint density at radius 1 is 1.10 bits per heavy atom. The molecule has 0 radical (unpaired) electrons. The van der Waals surface area contributed by atoms with E-state index in [2.05, 4.69) is 0 Å². The first-order valence-corrected chi connectivity index (χ1v) is 9.82. The van der Waals surface area contributed by atoms with Gasteiger partial charge in [0.25, 0.3) is 5.56 Å². The third-order valence-corrected chi connectivity index (χ3v) is 6.01. The topological polar surface area (TPSA) is 115 Å². The molecule has 6 nitrogen and oxygen atoms in total. The number of thiazole rings is 1. The van der Waals surface area contributed by atoms with Gasteiger partial charge in [0.05, 0.1) is 27.7 Å². The monoisotopic (exact) mass is 436 g/mol. The van der Waals surface area contributed by atoms with Crippen molar-refractivity contribution in [1.82, 2.24) is 4.57 Å². The molecule has 9 heteroatoms. The van der Waals surface area contributed by atoms with E-state index in [9.17, 15) is 23.6 Å². The SMILES string of the molecule is N#CC1=C(N)n2c(s/c(=C/c3ccc(F)cc3)c2=O)=C(C(N)=O)[C@H]1c1ccc(F)cc1. The Morgan fingerprint density at radius 2 is 1.68 bits per heavy atom.